The molecule has 1 amide bonds. The fourth-order valence-electron chi connectivity index (χ4n) is 3.08. The number of carbonyl (C=O) groups is 1. The van der Waals surface area contributed by atoms with Crippen LogP contribution in [-0.4, -0.2) is 31.6 Å². The van der Waals surface area contributed by atoms with Gasteiger partial charge in [0, 0.05) is 13.1 Å². The molecule has 0 atom stereocenters. The Morgan fingerprint density at radius 2 is 1.63 bits per heavy atom. The van der Waals surface area contributed by atoms with Gasteiger partial charge < -0.3 is 14.4 Å². The molecule has 0 spiro atoms. The van der Waals surface area contributed by atoms with Gasteiger partial charge in [0.25, 0.3) is 5.91 Å². The van der Waals surface area contributed by atoms with E-state index in [0.717, 1.165) is 10.8 Å². The average molecular weight is 367 g/mol. The molecule has 3 rings (SSSR count). The van der Waals surface area contributed by atoms with Crippen LogP contribution in [0.1, 0.15) is 22.8 Å². The van der Waals surface area contributed by atoms with Gasteiger partial charge in [-0.05, 0) is 47.5 Å². The molecule has 0 aliphatic carbocycles. The molecule has 0 saturated carbocycles. The van der Waals surface area contributed by atoms with Crippen LogP contribution in [-0.2, 0) is 6.54 Å². The lowest BCUT2D eigenvalue weighted by molar-refractivity contribution is 0.0749. The molecular formula is C22H22FNO3. The Bertz CT molecular complexity index is 971. The van der Waals surface area contributed by atoms with E-state index >= 15 is 0 Å². The van der Waals surface area contributed by atoms with E-state index in [4.69, 9.17) is 9.47 Å². The molecule has 4 nitrogen and oxygen atoms in total. The Hall–Kier alpha value is -3.08. The van der Waals surface area contributed by atoms with Crippen LogP contribution in [0.25, 0.3) is 10.8 Å². The van der Waals surface area contributed by atoms with Crippen molar-refractivity contribution in [3.05, 3.63) is 71.5 Å². The summed E-state index contributed by atoms with van der Waals surface area (Å²) >= 11 is 0. The van der Waals surface area contributed by atoms with Gasteiger partial charge in [0.1, 0.15) is 5.75 Å². The van der Waals surface area contributed by atoms with Crippen molar-refractivity contribution in [1.29, 1.82) is 0 Å². The lowest BCUT2D eigenvalue weighted by Gasteiger charge is -2.22. The van der Waals surface area contributed by atoms with Crippen LogP contribution in [0.5, 0.6) is 11.5 Å². The maximum atomic E-state index is 14.0. The first-order chi connectivity index (χ1) is 13.1. The van der Waals surface area contributed by atoms with Gasteiger partial charge in [0.05, 0.1) is 19.8 Å². The summed E-state index contributed by atoms with van der Waals surface area (Å²) in [4.78, 5) is 14.8. The van der Waals surface area contributed by atoms with Crippen LogP contribution < -0.4 is 9.47 Å². The Morgan fingerprint density at radius 3 is 2.22 bits per heavy atom. The van der Waals surface area contributed by atoms with Gasteiger partial charge in [0.2, 0.25) is 0 Å². The van der Waals surface area contributed by atoms with Crippen molar-refractivity contribution < 1.29 is 18.7 Å². The highest BCUT2D eigenvalue weighted by Crippen LogP contribution is 2.28. The lowest BCUT2D eigenvalue weighted by atomic mass is 10.0. The molecule has 0 heterocycles. The maximum absolute atomic E-state index is 14.0. The highest BCUT2D eigenvalue weighted by atomic mass is 19.1. The number of hydrogen-bond donors (Lipinski definition) is 0. The van der Waals surface area contributed by atoms with Gasteiger partial charge in [-0.25, -0.2) is 4.39 Å². The van der Waals surface area contributed by atoms with Crippen LogP contribution in [0.2, 0.25) is 0 Å². The summed E-state index contributed by atoms with van der Waals surface area (Å²) in [7, 11) is 2.97. The highest BCUT2D eigenvalue weighted by molar-refractivity contribution is 6.01. The molecule has 3 aromatic rings. The summed E-state index contributed by atoms with van der Waals surface area (Å²) in [6, 6.07) is 16.2. The largest absolute Gasteiger partial charge is 0.496 e. The minimum atomic E-state index is -0.443. The van der Waals surface area contributed by atoms with Crippen molar-refractivity contribution >= 4 is 16.7 Å². The van der Waals surface area contributed by atoms with E-state index in [9.17, 15) is 9.18 Å². The van der Waals surface area contributed by atoms with E-state index in [1.54, 1.807) is 24.1 Å². The molecule has 0 aliphatic heterocycles. The minimum Gasteiger partial charge on any atom is -0.496 e. The number of methoxy groups -OCH3 is 2. The molecule has 3 aromatic carbocycles. The zero-order chi connectivity index (χ0) is 19.4. The number of ether oxygens (including phenoxy) is 2. The maximum Gasteiger partial charge on any atom is 0.257 e. The van der Waals surface area contributed by atoms with E-state index < -0.39 is 5.82 Å². The molecule has 5 heteroatoms. The molecule has 0 unspecified atom stereocenters. The Labute approximate surface area is 158 Å². The minimum absolute atomic E-state index is 0.156. The predicted molar refractivity (Wildman–Crippen MR) is 104 cm³/mol. The highest BCUT2D eigenvalue weighted by Gasteiger charge is 2.20. The van der Waals surface area contributed by atoms with E-state index in [0.29, 0.717) is 30.0 Å². The number of benzene rings is 3. The van der Waals surface area contributed by atoms with Crippen molar-refractivity contribution in [3.63, 3.8) is 0 Å². The summed E-state index contributed by atoms with van der Waals surface area (Å²) < 4.78 is 24.4. The smallest absolute Gasteiger partial charge is 0.257 e. The monoisotopic (exact) mass is 367 g/mol. The van der Waals surface area contributed by atoms with Gasteiger partial charge in [0.15, 0.2) is 11.6 Å². The van der Waals surface area contributed by atoms with Gasteiger partial charge in [-0.1, -0.05) is 30.3 Å². The number of hydrogen-bond acceptors (Lipinski definition) is 3. The third-order valence-electron chi connectivity index (χ3n) is 4.56. The number of halogens is 1. The van der Waals surface area contributed by atoms with E-state index in [1.165, 1.54) is 13.2 Å². The number of rotatable bonds is 6. The number of carbonyl (C=O) groups excluding carboxylic acids is 1. The summed E-state index contributed by atoms with van der Waals surface area (Å²) in [5.41, 5.74) is 1.19. The summed E-state index contributed by atoms with van der Waals surface area (Å²) in [5.74, 6) is 0.112. The Balaban J connectivity index is 1.92. The van der Waals surface area contributed by atoms with Crippen LogP contribution >= 0.6 is 0 Å². The molecule has 27 heavy (non-hydrogen) atoms. The third-order valence-corrected chi connectivity index (χ3v) is 4.56. The first-order valence-corrected chi connectivity index (χ1v) is 8.75. The molecule has 0 fully saturated rings. The topological polar surface area (TPSA) is 38.8 Å². The van der Waals surface area contributed by atoms with Gasteiger partial charge >= 0.3 is 0 Å². The first-order valence-electron chi connectivity index (χ1n) is 8.75. The number of fused-ring (bicyclic) bond motifs is 1. The zero-order valence-electron chi connectivity index (χ0n) is 15.7. The standard InChI is InChI=1S/C22H22FNO3/c1-4-24(14-15-9-10-20(26-2)19(23)11-15)22(25)18-12-16-7-5-6-8-17(16)13-21(18)27-3/h5-13H,4,14H2,1-3H3. The SMILES string of the molecule is CCN(Cc1ccc(OC)c(F)c1)C(=O)c1cc2ccccc2cc1OC. The van der Waals surface area contributed by atoms with Crippen molar-refractivity contribution in [2.45, 2.75) is 13.5 Å². The molecule has 0 bridgehead atoms. The fraction of sp³-hybridized carbons (Fsp3) is 0.227. The molecule has 140 valence electrons. The zero-order valence-corrected chi connectivity index (χ0v) is 15.7. The van der Waals surface area contributed by atoms with E-state index in [2.05, 4.69) is 0 Å². The van der Waals surface area contributed by atoms with E-state index in [1.807, 2.05) is 43.3 Å². The lowest BCUT2D eigenvalue weighted by Crippen LogP contribution is -2.30. The predicted octanol–water partition coefficient (Wildman–Crippen LogP) is 4.66. The van der Waals surface area contributed by atoms with Gasteiger partial charge in [-0.15, -0.1) is 0 Å². The quantitative estimate of drug-likeness (QED) is 0.636. The van der Waals surface area contributed by atoms with Gasteiger partial charge in [-0.2, -0.15) is 0 Å². The second-order valence-corrected chi connectivity index (χ2v) is 6.19. The van der Waals surface area contributed by atoms with Gasteiger partial charge in [-0.3, -0.25) is 4.79 Å². The van der Waals surface area contributed by atoms with Crippen molar-refractivity contribution in [1.82, 2.24) is 4.90 Å². The van der Waals surface area contributed by atoms with Crippen LogP contribution in [0.4, 0.5) is 4.39 Å². The molecule has 0 radical (unpaired) electrons. The van der Waals surface area contributed by atoms with Crippen molar-refractivity contribution in [3.8, 4) is 11.5 Å². The Morgan fingerprint density at radius 1 is 0.963 bits per heavy atom. The molecular weight excluding hydrogens is 345 g/mol. The number of amides is 1. The van der Waals surface area contributed by atoms with Crippen LogP contribution in [0.3, 0.4) is 0 Å². The van der Waals surface area contributed by atoms with Crippen molar-refractivity contribution in [2.24, 2.45) is 0 Å². The molecule has 0 N–H and O–H groups in total. The fourth-order valence-corrected chi connectivity index (χ4v) is 3.08. The number of nitrogens with zero attached hydrogens (tertiary/aromatic N) is 1. The molecule has 0 aromatic heterocycles. The molecule has 0 aliphatic rings. The second kappa shape index (κ2) is 8.08. The van der Waals surface area contributed by atoms with Crippen LogP contribution in [0.15, 0.2) is 54.6 Å². The third kappa shape index (κ3) is 3.87. The summed E-state index contributed by atoms with van der Waals surface area (Å²) in [6.45, 7) is 2.68. The van der Waals surface area contributed by atoms with E-state index in [-0.39, 0.29) is 11.7 Å². The second-order valence-electron chi connectivity index (χ2n) is 6.19. The molecule has 0 saturated heterocycles. The summed E-state index contributed by atoms with van der Waals surface area (Å²) in [6.07, 6.45) is 0. The average Bonchev–Trinajstić information content (AvgIpc) is 2.70. The Kier molecular flexibility index (Phi) is 5.60. The van der Waals surface area contributed by atoms with Crippen LogP contribution in [0, 0.1) is 5.82 Å². The van der Waals surface area contributed by atoms with Crippen molar-refractivity contribution in [2.75, 3.05) is 20.8 Å². The normalized spacial score (nSPS) is 10.7. The summed E-state index contributed by atoms with van der Waals surface area (Å²) in [5, 5.41) is 1.97. The first kappa shape index (κ1) is 18.7.